The lowest BCUT2D eigenvalue weighted by molar-refractivity contribution is -0.196. The minimum absolute atomic E-state index is 0.196. The molecule has 1 aromatic carbocycles. The number of aliphatic hydroxyl groups is 2. The van der Waals surface area contributed by atoms with Crippen LogP contribution >= 0.6 is 0 Å². The second kappa shape index (κ2) is 10.7. The van der Waals surface area contributed by atoms with Crippen LogP contribution in [-0.2, 0) is 35.0 Å². The van der Waals surface area contributed by atoms with Gasteiger partial charge >= 0.3 is 23.9 Å². The summed E-state index contributed by atoms with van der Waals surface area (Å²) in [6.07, 6.45) is 0.168. The highest BCUT2D eigenvalue weighted by Crippen LogP contribution is 2.35. The number of rotatable bonds is 9. The largest absolute Gasteiger partial charge is 0.479 e. The average molecular weight is 520 g/mol. The number of carbonyl (C=O) groups excluding carboxylic acids is 2. The van der Waals surface area contributed by atoms with E-state index in [1.54, 1.807) is 29.0 Å². The van der Waals surface area contributed by atoms with Gasteiger partial charge in [-0.2, -0.15) is 0 Å². The molecular formula is C24H28N2O11. The summed E-state index contributed by atoms with van der Waals surface area (Å²) < 4.78 is 15.5. The molecule has 1 unspecified atom stereocenters. The first-order valence-electron chi connectivity index (χ1n) is 11.3. The number of carbonyl (C=O) groups is 4. The number of amides is 2. The second-order valence-corrected chi connectivity index (χ2v) is 8.79. The van der Waals surface area contributed by atoms with Crippen LogP contribution < -0.4 is 4.90 Å². The van der Waals surface area contributed by atoms with E-state index in [9.17, 15) is 39.6 Å². The number of aliphatic hydroxyl groups excluding tert-OH is 2. The monoisotopic (exact) mass is 520 g/mol. The predicted molar refractivity (Wildman–Crippen MR) is 124 cm³/mol. The lowest BCUT2D eigenvalue weighted by Gasteiger charge is -2.33. The van der Waals surface area contributed by atoms with Crippen molar-refractivity contribution in [1.29, 1.82) is 0 Å². The van der Waals surface area contributed by atoms with Crippen LogP contribution in [0.3, 0.4) is 0 Å². The van der Waals surface area contributed by atoms with Gasteiger partial charge in [0, 0.05) is 39.2 Å². The molecule has 2 aliphatic heterocycles. The van der Waals surface area contributed by atoms with E-state index < -0.39 is 60.6 Å². The summed E-state index contributed by atoms with van der Waals surface area (Å²) in [6.45, 7) is 1.25. The third-order valence-electron chi connectivity index (χ3n) is 6.34. The maximum Gasteiger partial charge on any atom is 0.348 e. The van der Waals surface area contributed by atoms with E-state index >= 15 is 0 Å². The van der Waals surface area contributed by atoms with Crippen molar-refractivity contribution < 1.29 is 53.8 Å². The molecule has 0 radical (unpaired) electrons. The van der Waals surface area contributed by atoms with Crippen LogP contribution in [0, 0.1) is 12.3 Å². The number of hydrogen-bond donors (Lipinski definition) is 4. The third kappa shape index (κ3) is 5.23. The number of nitrogens with zero attached hydrogens (tertiary/aromatic N) is 2. The molecule has 2 saturated heterocycles. The smallest absolute Gasteiger partial charge is 0.348 e. The summed E-state index contributed by atoms with van der Waals surface area (Å²) in [4.78, 5) is 51.4. The molecule has 0 aromatic heterocycles. The number of ether oxygens (including phenoxy) is 3. The SMILES string of the molecule is C#C[C@@]1(OC(C)=O)[C@@H](COC(Cc2ccc(N3CCCN(C)C3=O)cc2)(C(=O)O)C(=O)O)OC(O)[C@@H]1O. The molecule has 2 aliphatic rings. The fraction of sp³-hybridized carbons (Fsp3) is 0.500. The normalized spacial score (nSPS) is 26.0. The van der Waals surface area contributed by atoms with E-state index in [0.717, 1.165) is 13.3 Å². The number of aliphatic carboxylic acids is 2. The lowest BCUT2D eigenvalue weighted by atomic mass is 9.91. The Hall–Kier alpha value is -3.70. The molecular weight excluding hydrogens is 492 g/mol. The van der Waals surface area contributed by atoms with Gasteiger partial charge in [0.2, 0.25) is 5.60 Å². The Kier molecular flexibility index (Phi) is 8.09. The number of carboxylic acid groups (broad SMARTS) is 2. The Labute approximate surface area is 212 Å². The van der Waals surface area contributed by atoms with Crippen LogP contribution in [0.5, 0.6) is 0 Å². The maximum atomic E-state index is 12.4. The zero-order valence-corrected chi connectivity index (χ0v) is 20.2. The lowest BCUT2D eigenvalue weighted by Crippen LogP contribution is -2.56. The van der Waals surface area contributed by atoms with Crippen molar-refractivity contribution in [3.05, 3.63) is 29.8 Å². The van der Waals surface area contributed by atoms with Crippen molar-refractivity contribution in [3.8, 4) is 12.3 Å². The molecule has 4 atom stereocenters. The fourth-order valence-corrected chi connectivity index (χ4v) is 4.30. The molecule has 3 rings (SSSR count). The number of anilines is 1. The zero-order chi connectivity index (χ0) is 27.5. The summed E-state index contributed by atoms with van der Waals surface area (Å²) in [5.41, 5.74) is -4.26. The van der Waals surface area contributed by atoms with Gasteiger partial charge in [-0.1, -0.05) is 18.1 Å². The number of terminal acetylenes is 1. The third-order valence-corrected chi connectivity index (χ3v) is 6.34. The van der Waals surface area contributed by atoms with E-state index in [1.165, 1.54) is 12.1 Å². The molecule has 13 heteroatoms. The van der Waals surface area contributed by atoms with Gasteiger partial charge in [0.15, 0.2) is 12.4 Å². The zero-order valence-electron chi connectivity index (χ0n) is 20.2. The molecule has 2 fully saturated rings. The standard InChI is InChI=1S/C24H28N2O11/c1-4-23(37-14(2)27)17(36-19(29)18(23)28)13-35-24(20(30)31,21(32)33)12-15-6-8-16(9-7-15)26-11-5-10-25(3)22(26)34/h1,6-9,17-19,28-29H,5,10-13H2,2-3H3,(H,30,31)(H,32,33)/t17-,18+,19?,23-/m1/s1. The number of benzene rings is 1. The van der Waals surface area contributed by atoms with Gasteiger partial charge in [-0.05, 0) is 24.1 Å². The van der Waals surface area contributed by atoms with E-state index in [1.807, 2.05) is 5.92 Å². The van der Waals surface area contributed by atoms with Crippen LogP contribution in [0.1, 0.15) is 18.9 Å². The topological polar surface area (TPSA) is 183 Å². The molecule has 1 aromatic rings. The Morgan fingerprint density at radius 3 is 2.35 bits per heavy atom. The highest BCUT2D eigenvalue weighted by molar-refractivity contribution is 6.02. The van der Waals surface area contributed by atoms with Gasteiger partial charge < -0.3 is 39.5 Å². The highest BCUT2D eigenvalue weighted by atomic mass is 16.7. The minimum atomic E-state index is -2.83. The van der Waals surface area contributed by atoms with Crippen LogP contribution in [0.2, 0.25) is 0 Å². The Bertz CT molecular complexity index is 1080. The van der Waals surface area contributed by atoms with Gasteiger partial charge in [-0.15, -0.1) is 6.42 Å². The van der Waals surface area contributed by atoms with Gasteiger partial charge in [0.1, 0.15) is 6.10 Å². The van der Waals surface area contributed by atoms with Gasteiger partial charge in [0.05, 0.1) is 6.61 Å². The first-order valence-corrected chi connectivity index (χ1v) is 11.3. The first-order chi connectivity index (χ1) is 17.4. The number of esters is 1. The van der Waals surface area contributed by atoms with Crippen LogP contribution in [0.25, 0.3) is 0 Å². The summed E-state index contributed by atoms with van der Waals surface area (Å²) in [5.74, 6) is -2.57. The Morgan fingerprint density at radius 1 is 1.19 bits per heavy atom. The first kappa shape index (κ1) is 27.9. The molecule has 2 amide bonds. The number of urea groups is 1. The van der Waals surface area contributed by atoms with Crippen molar-refractivity contribution in [2.45, 2.75) is 49.5 Å². The Balaban J connectivity index is 1.84. The van der Waals surface area contributed by atoms with E-state index in [2.05, 4.69) is 0 Å². The van der Waals surface area contributed by atoms with E-state index in [0.29, 0.717) is 18.8 Å². The number of carboxylic acids is 2. The van der Waals surface area contributed by atoms with Crippen LogP contribution in [0.15, 0.2) is 24.3 Å². The quantitative estimate of drug-likeness (QED) is 0.186. The highest BCUT2D eigenvalue weighted by Gasteiger charge is 2.60. The predicted octanol–water partition coefficient (Wildman–Crippen LogP) is -0.571. The minimum Gasteiger partial charge on any atom is -0.479 e. The molecule has 200 valence electrons. The van der Waals surface area contributed by atoms with Gasteiger partial charge in [0.25, 0.3) is 5.60 Å². The van der Waals surface area contributed by atoms with E-state index in [-0.39, 0.29) is 11.6 Å². The molecule has 2 heterocycles. The molecule has 0 spiro atoms. The molecule has 0 bridgehead atoms. The maximum absolute atomic E-state index is 12.4. The van der Waals surface area contributed by atoms with Crippen LogP contribution in [-0.4, -0.2) is 106 Å². The molecule has 37 heavy (non-hydrogen) atoms. The van der Waals surface area contributed by atoms with E-state index in [4.69, 9.17) is 20.6 Å². The molecule has 0 aliphatic carbocycles. The van der Waals surface area contributed by atoms with Crippen molar-refractivity contribution >= 4 is 29.6 Å². The van der Waals surface area contributed by atoms with Gasteiger partial charge in [-0.25, -0.2) is 14.4 Å². The van der Waals surface area contributed by atoms with Gasteiger partial charge in [-0.3, -0.25) is 9.69 Å². The molecule has 4 N–H and O–H groups in total. The average Bonchev–Trinajstić information content (AvgIpc) is 3.07. The van der Waals surface area contributed by atoms with Crippen molar-refractivity contribution in [2.75, 3.05) is 31.6 Å². The number of hydrogen-bond acceptors (Lipinski definition) is 9. The van der Waals surface area contributed by atoms with Crippen molar-refractivity contribution in [2.24, 2.45) is 0 Å². The summed E-state index contributed by atoms with van der Waals surface area (Å²) in [5, 5.41) is 39.9. The summed E-state index contributed by atoms with van der Waals surface area (Å²) in [7, 11) is 1.68. The molecule has 13 nitrogen and oxygen atoms in total. The summed E-state index contributed by atoms with van der Waals surface area (Å²) >= 11 is 0. The summed E-state index contributed by atoms with van der Waals surface area (Å²) in [6, 6.07) is 5.89. The van der Waals surface area contributed by atoms with Crippen LogP contribution in [0.4, 0.5) is 10.5 Å². The molecule has 0 saturated carbocycles. The van der Waals surface area contributed by atoms with Crippen molar-refractivity contribution in [3.63, 3.8) is 0 Å². The Morgan fingerprint density at radius 2 is 1.81 bits per heavy atom. The van der Waals surface area contributed by atoms with Crippen molar-refractivity contribution in [1.82, 2.24) is 4.90 Å². The second-order valence-electron chi connectivity index (χ2n) is 8.79. The fourth-order valence-electron chi connectivity index (χ4n) is 4.30.